The van der Waals surface area contributed by atoms with Crippen molar-refractivity contribution < 1.29 is 0 Å². The lowest BCUT2D eigenvalue weighted by Crippen LogP contribution is -2.31. The number of nitrogens with one attached hydrogen (secondary N) is 1. The first kappa shape index (κ1) is 12.6. The molecular formula is C14H25N3. The molecule has 1 aliphatic rings. The second-order valence-corrected chi connectivity index (χ2v) is 5.59. The molecule has 1 saturated carbocycles. The molecule has 3 heteroatoms. The van der Waals surface area contributed by atoms with E-state index in [1.165, 1.54) is 25.7 Å². The van der Waals surface area contributed by atoms with Crippen LogP contribution >= 0.6 is 0 Å². The lowest BCUT2D eigenvalue weighted by atomic mass is 10.00. The number of aromatic nitrogens is 2. The Balaban J connectivity index is 1.80. The Bertz CT molecular complexity index is 337. The van der Waals surface area contributed by atoms with E-state index in [0.717, 1.165) is 18.2 Å². The molecule has 0 spiro atoms. The zero-order valence-corrected chi connectivity index (χ0v) is 11.3. The molecule has 17 heavy (non-hydrogen) atoms. The molecule has 3 nitrogen and oxygen atoms in total. The summed E-state index contributed by atoms with van der Waals surface area (Å²) in [6.45, 7) is 7.53. The molecule has 1 atom stereocenters. The van der Waals surface area contributed by atoms with E-state index in [4.69, 9.17) is 0 Å². The fraction of sp³-hybridized carbons (Fsp3) is 0.786. The van der Waals surface area contributed by atoms with Gasteiger partial charge in [-0.05, 0) is 45.6 Å². The molecular weight excluding hydrogens is 210 g/mol. The van der Waals surface area contributed by atoms with Crippen LogP contribution in [0.4, 0.5) is 0 Å². The quantitative estimate of drug-likeness (QED) is 0.849. The highest BCUT2D eigenvalue weighted by atomic mass is 15.3. The Labute approximate surface area is 105 Å². The van der Waals surface area contributed by atoms with Crippen molar-refractivity contribution in [2.24, 2.45) is 5.92 Å². The fourth-order valence-electron chi connectivity index (χ4n) is 2.65. The first-order chi connectivity index (χ1) is 8.16. The monoisotopic (exact) mass is 235 g/mol. The zero-order valence-electron chi connectivity index (χ0n) is 11.3. The standard InChI is InChI=1S/C14H25N3/c1-11(2)17-9-8-14(16-17)10-15-12(3)13-6-4-5-7-13/h8-9,11-13,15H,4-7,10H2,1-3H3/t12-/m0/s1. The van der Waals surface area contributed by atoms with Crippen LogP contribution in [-0.4, -0.2) is 15.8 Å². The van der Waals surface area contributed by atoms with Gasteiger partial charge in [-0.15, -0.1) is 0 Å². The van der Waals surface area contributed by atoms with E-state index >= 15 is 0 Å². The largest absolute Gasteiger partial charge is 0.308 e. The van der Waals surface area contributed by atoms with Crippen LogP contribution < -0.4 is 5.32 Å². The van der Waals surface area contributed by atoms with E-state index in [0.29, 0.717) is 12.1 Å². The summed E-state index contributed by atoms with van der Waals surface area (Å²) in [6.07, 6.45) is 7.70. The molecule has 1 fully saturated rings. The van der Waals surface area contributed by atoms with Gasteiger partial charge in [0.05, 0.1) is 5.69 Å². The summed E-state index contributed by atoms with van der Waals surface area (Å²) in [5.74, 6) is 0.877. The summed E-state index contributed by atoms with van der Waals surface area (Å²) in [7, 11) is 0. The zero-order chi connectivity index (χ0) is 12.3. The molecule has 96 valence electrons. The molecule has 0 aromatic carbocycles. The van der Waals surface area contributed by atoms with Crippen molar-refractivity contribution in [1.82, 2.24) is 15.1 Å². The van der Waals surface area contributed by atoms with Crippen LogP contribution in [0.1, 0.15) is 58.2 Å². The SMILES string of the molecule is CC(C)n1ccc(CN[C@@H](C)C2CCCC2)n1. The van der Waals surface area contributed by atoms with Gasteiger partial charge in [-0.2, -0.15) is 5.10 Å². The fourth-order valence-corrected chi connectivity index (χ4v) is 2.65. The average Bonchev–Trinajstić information content (AvgIpc) is 2.97. The summed E-state index contributed by atoms with van der Waals surface area (Å²) in [4.78, 5) is 0. The highest BCUT2D eigenvalue weighted by molar-refractivity contribution is 4.99. The molecule has 0 saturated heterocycles. The lowest BCUT2D eigenvalue weighted by molar-refractivity contribution is 0.377. The van der Waals surface area contributed by atoms with Gasteiger partial charge in [-0.3, -0.25) is 4.68 Å². The van der Waals surface area contributed by atoms with Gasteiger partial charge in [-0.1, -0.05) is 12.8 Å². The predicted molar refractivity (Wildman–Crippen MR) is 70.9 cm³/mol. The molecule has 1 heterocycles. The molecule has 1 aliphatic carbocycles. The lowest BCUT2D eigenvalue weighted by Gasteiger charge is -2.19. The third kappa shape index (κ3) is 3.32. The molecule has 2 rings (SSSR count). The Hall–Kier alpha value is -0.830. The Morgan fingerprint density at radius 1 is 1.35 bits per heavy atom. The van der Waals surface area contributed by atoms with E-state index in [2.05, 4.69) is 43.4 Å². The van der Waals surface area contributed by atoms with Gasteiger partial charge in [0, 0.05) is 24.8 Å². The van der Waals surface area contributed by atoms with Crippen LogP contribution in [-0.2, 0) is 6.54 Å². The minimum atomic E-state index is 0.455. The van der Waals surface area contributed by atoms with Crippen LogP contribution in [0.5, 0.6) is 0 Å². The van der Waals surface area contributed by atoms with Crippen molar-refractivity contribution in [2.75, 3.05) is 0 Å². The number of hydrogen-bond donors (Lipinski definition) is 1. The average molecular weight is 235 g/mol. The van der Waals surface area contributed by atoms with Crippen molar-refractivity contribution in [2.45, 2.75) is 65.1 Å². The highest BCUT2D eigenvalue weighted by Gasteiger charge is 2.21. The molecule has 1 aromatic rings. The Kier molecular flexibility index (Phi) is 4.21. The smallest absolute Gasteiger partial charge is 0.0762 e. The highest BCUT2D eigenvalue weighted by Crippen LogP contribution is 2.27. The van der Waals surface area contributed by atoms with Crippen molar-refractivity contribution >= 4 is 0 Å². The van der Waals surface area contributed by atoms with Crippen molar-refractivity contribution in [3.05, 3.63) is 18.0 Å². The van der Waals surface area contributed by atoms with Crippen LogP contribution in [0.25, 0.3) is 0 Å². The van der Waals surface area contributed by atoms with Gasteiger partial charge in [-0.25, -0.2) is 0 Å². The Morgan fingerprint density at radius 3 is 2.65 bits per heavy atom. The minimum absolute atomic E-state index is 0.455. The summed E-state index contributed by atoms with van der Waals surface area (Å²) >= 11 is 0. The van der Waals surface area contributed by atoms with E-state index in [1.807, 2.05) is 4.68 Å². The summed E-state index contributed by atoms with van der Waals surface area (Å²) in [6, 6.07) is 3.20. The van der Waals surface area contributed by atoms with E-state index < -0.39 is 0 Å². The maximum Gasteiger partial charge on any atom is 0.0762 e. The molecule has 0 aliphatic heterocycles. The normalized spacial score (nSPS) is 19.1. The van der Waals surface area contributed by atoms with Gasteiger partial charge in [0.1, 0.15) is 0 Å². The second kappa shape index (κ2) is 5.67. The number of hydrogen-bond acceptors (Lipinski definition) is 2. The molecule has 1 N–H and O–H groups in total. The number of nitrogens with zero attached hydrogens (tertiary/aromatic N) is 2. The van der Waals surface area contributed by atoms with E-state index in [-0.39, 0.29) is 0 Å². The van der Waals surface area contributed by atoms with Crippen molar-refractivity contribution in [3.8, 4) is 0 Å². The van der Waals surface area contributed by atoms with E-state index in [9.17, 15) is 0 Å². The molecule has 0 bridgehead atoms. The molecule has 0 amide bonds. The maximum atomic E-state index is 4.56. The first-order valence-corrected chi connectivity index (χ1v) is 6.94. The van der Waals surface area contributed by atoms with Gasteiger partial charge in [0.2, 0.25) is 0 Å². The van der Waals surface area contributed by atoms with Crippen LogP contribution in [0, 0.1) is 5.92 Å². The topological polar surface area (TPSA) is 29.9 Å². The van der Waals surface area contributed by atoms with Gasteiger partial charge in [0.25, 0.3) is 0 Å². The predicted octanol–water partition coefficient (Wildman–Crippen LogP) is 3.13. The first-order valence-electron chi connectivity index (χ1n) is 6.94. The van der Waals surface area contributed by atoms with Gasteiger partial charge < -0.3 is 5.32 Å². The van der Waals surface area contributed by atoms with Gasteiger partial charge >= 0.3 is 0 Å². The van der Waals surface area contributed by atoms with Crippen LogP contribution in [0.15, 0.2) is 12.3 Å². The maximum absolute atomic E-state index is 4.56. The van der Waals surface area contributed by atoms with Crippen molar-refractivity contribution in [3.63, 3.8) is 0 Å². The minimum Gasteiger partial charge on any atom is -0.308 e. The van der Waals surface area contributed by atoms with E-state index in [1.54, 1.807) is 0 Å². The van der Waals surface area contributed by atoms with Gasteiger partial charge in [0.15, 0.2) is 0 Å². The number of rotatable bonds is 5. The van der Waals surface area contributed by atoms with Crippen LogP contribution in [0.3, 0.4) is 0 Å². The third-order valence-electron chi connectivity index (χ3n) is 3.90. The molecule has 0 unspecified atom stereocenters. The second-order valence-electron chi connectivity index (χ2n) is 5.59. The van der Waals surface area contributed by atoms with Crippen molar-refractivity contribution in [1.29, 1.82) is 0 Å². The molecule has 1 aromatic heterocycles. The molecule has 0 radical (unpaired) electrons. The Morgan fingerprint density at radius 2 is 2.06 bits per heavy atom. The third-order valence-corrected chi connectivity index (χ3v) is 3.90. The summed E-state index contributed by atoms with van der Waals surface area (Å²) in [5.41, 5.74) is 1.16. The summed E-state index contributed by atoms with van der Waals surface area (Å²) in [5, 5.41) is 8.18. The van der Waals surface area contributed by atoms with Crippen LogP contribution in [0.2, 0.25) is 0 Å². The summed E-state index contributed by atoms with van der Waals surface area (Å²) < 4.78 is 2.03.